The van der Waals surface area contributed by atoms with E-state index in [9.17, 15) is 8.42 Å². The van der Waals surface area contributed by atoms with Crippen molar-refractivity contribution in [3.05, 3.63) is 53.9 Å². The lowest BCUT2D eigenvalue weighted by Crippen LogP contribution is -2.48. The maximum atomic E-state index is 13.1. The van der Waals surface area contributed by atoms with Crippen LogP contribution < -0.4 is 10.1 Å². The molecule has 1 atom stereocenters. The number of methoxy groups -OCH3 is 1. The van der Waals surface area contributed by atoms with E-state index in [0.29, 0.717) is 25.4 Å². The van der Waals surface area contributed by atoms with Crippen molar-refractivity contribution >= 4 is 22.4 Å². The van der Waals surface area contributed by atoms with Gasteiger partial charge in [0.15, 0.2) is 0 Å². The molecule has 3 rings (SSSR count). The second kappa shape index (κ2) is 8.14. The summed E-state index contributed by atoms with van der Waals surface area (Å²) in [6.45, 7) is 3.39. The van der Waals surface area contributed by atoms with Gasteiger partial charge in [0.2, 0.25) is 10.0 Å². The van der Waals surface area contributed by atoms with Crippen molar-refractivity contribution < 1.29 is 13.2 Å². The monoisotopic (exact) mass is 383 g/mol. The van der Waals surface area contributed by atoms with E-state index in [1.807, 2.05) is 31.2 Å². The molecule has 0 radical (unpaired) electrons. The van der Waals surface area contributed by atoms with E-state index in [1.165, 1.54) is 10.5 Å². The molecule has 25 heavy (non-hydrogen) atoms. The lowest BCUT2D eigenvalue weighted by atomic mass is 10.0. The summed E-state index contributed by atoms with van der Waals surface area (Å²) in [5.41, 5.74) is 1.64. The second-order valence-electron chi connectivity index (χ2n) is 5.71. The van der Waals surface area contributed by atoms with Gasteiger partial charge in [-0.15, -0.1) is 12.4 Å². The molecule has 1 aromatic carbocycles. The Morgan fingerprint density at radius 1 is 1.24 bits per heavy atom. The molecule has 1 aromatic heterocycles. The number of sulfonamides is 1. The van der Waals surface area contributed by atoms with E-state index < -0.39 is 10.0 Å². The highest BCUT2D eigenvalue weighted by Crippen LogP contribution is 2.33. The predicted octanol–water partition coefficient (Wildman–Crippen LogP) is 2.16. The number of aryl methyl sites for hydroxylation is 1. The van der Waals surface area contributed by atoms with Crippen LogP contribution in [0.1, 0.15) is 17.3 Å². The zero-order chi connectivity index (χ0) is 17.2. The topological polar surface area (TPSA) is 71.5 Å². The maximum absolute atomic E-state index is 13.1. The number of para-hydroxylation sites is 1. The molecular weight excluding hydrogens is 362 g/mol. The minimum absolute atomic E-state index is 0. The molecule has 1 saturated heterocycles. The van der Waals surface area contributed by atoms with Crippen LogP contribution in [0.2, 0.25) is 0 Å². The zero-order valence-electron chi connectivity index (χ0n) is 14.2. The average Bonchev–Trinajstić information content (AvgIpc) is 2.62. The van der Waals surface area contributed by atoms with Gasteiger partial charge in [0.1, 0.15) is 10.6 Å². The summed E-state index contributed by atoms with van der Waals surface area (Å²) in [5, 5.41) is 3.27. The predicted molar refractivity (Wildman–Crippen MR) is 98.7 cm³/mol. The Bertz CT molecular complexity index is 812. The van der Waals surface area contributed by atoms with Crippen LogP contribution in [-0.4, -0.2) is 44.5 Å². The van der Waals surface area contributed by atoms with Gasteiger partial charge >= 0.3 is 0 Å². The first-order valence-electron chi connectivity index (χ1n) is 7.82. The van der Waals surface area contributed by atoms with Gasteiger partial charge in [-0.05, 0) is 25.1 Å². The quantitative estimate of drug-likeness (QED) is 0.875. The van der Waals surface area contributed by atoms with Crippen LogP contribution in [0.25, 0.3) is 0 Å². The normalized spacial score (nSPS) is 18.4. The molecular formula is C17H22ClN3O3S. The van der Waals surface area contributed by atoms with Crippen molar-refractivity contribution in [3.63, 3.8) is 0 Å². The number of ether oxygens (including phenoxy) is 1. The van der Waals surface area contributed by atoms with Crippen LogP contribution in [0.5, 0.6) is 5.75 Å². The van der Waals surface area contributed by atoms with E-state index in [4.69, 9.17) is 4.74 Å². The minimum Gasteiger partial charge on any atom is -0.496 e. The third-order valence-corrected chi connectivity index (χ3v) is 6.07. The lowest BCUT2D eigenvalue weighted by molar-refractivity contribution is 0.264. The highest BCUT2D eigenvalue weighted by atomic mass is 35.5. The van der Waals surface area contributed by atoms with Gasteiger partial charge in [0.05, 0.1) is 13.2 Å². The smallest absolute Gasteiger partial charge is 0.245 e. The van der Waals surface area contributed by atoms with Crippen molar-refractivity contribution in [1.82, 2.24) is 14.6 Å². The second-order valence-corrected chi connectivity index (χ2v) is 7.60. The number of pyridine rings is 1. The number of hydrogen-bond acceptors (Lipinski definition) is 5. The molecule has 0 spiro atoms. The lowest BCUT2D eigenvalue weighted by Gasteiger charge is -2.35. The third kappa shape index (κ3) is 3.95. The molecule has 2 aromatic rings. The van der Waals surface area contributed by atoms with Crippen LogP contribution in [0.4, 0.5) is 0 Å². The van der Waals surface area contributed by atoms with Crippen molar-refractivity contribution in [3.8, 4) is 5.75 Å². The van der Waals surface area contributed by atoms with Crippen molar-refractivity contribution in [2.45, 2.75) is 17.9 Å². The van der Waals surface area contributed by atoms with Crippen LogP contribution >= 0.6 is 12.4 Å². The molecule has 2 heterocycles. The summed E-state index contributed by atoms with van der Waals surface area (Å²) in [6, 6.07) is 10.5. The van der Waals surface area contributed by atoms with Crippen molar-refractivity contribution in [2.75, 3.05) is 26.7 Å². The molecule has 1 unspecified atom stereocenters. The Hall–Kier alpha value is -1.67. The number of nitrogens with zero attached hydrogens (tertiary/aromatic N) is 2. The van der Waals surface area contributed by atoms with E-state index in [0.717, 1.165) is 11.3 Å². The number of aromatic nitrogens is 1. The fourth-order valence-electron chi connectivity index (χ4n) is 2.92. The number of nitrogens with one attached hydrogen (secondary N) is 1. The molecule has 1 N–H and O–H groups in total. The maximum Gasteiger partial charge on any atom is 0.245 e. The Morgan fingerprint density at radius 2 is 2.00 bits per heavy atom. The van der Waals surface area contributed by atoms with Gasteiger partial charge in [0.25, 0.3) is 0 Å². The Kier molecular flexibility index (Phi) is 6.40. The summed E-state index contributed by atoms with van der Waals surface area (Å²) in [5.74, 6) is 0.688. The molecule has 0 saturated carbocycles. The molecule has 1 aliphatic rings. The number of hydrogen-bond donors (Lipinski definition) is 1. The number of benzene rings is 1. The number of rotatable bonds is 4. The fraction of sp³-hybridized carbons (Fsp3) is 0.353. The molecule has 6 nitrogen and oxygen atoms in total. The highest BCUT2D eigenvalue weighted by molar-refractivity contribution is 7.89. The fourth-order valence-corrected chi connectivity index (χ4v) is 4.47. The SMILES string of the molecule is COc1ccccc1C1CNCCN1S(=O)(=O)c1ccc(C)nc1.Cl. The summed E-state index contributed by atoms with van der Waals surface area (Å²) in [7, 11) is -2.03. The van der Waals surface area contributed by atoms with Gasteiger partial charge in [-0.25, -0.2) is 8.42 Å². The number of piperazine rings is 1. The first-order valence-corrected chi connectivity index (χ1v) is 9.26. The molecule has 8 heteroatoms. The van der Waals surface area contributed by atoms with Crippen LogP contribution in [0.3, 0.4) is 0 Å². The molecule has 1 aliphatic heterocycles. The first-order chi connectivity index (χ1) is 11.5. The van der Waals surface area contributed by atoms with Gasteiger partial charge in [-0.3, -0.25) is 4.98 Å². The first kappa shape index (κ1) is 19.7. The van der Waals surface area contributed by atoms with E-state index in [1.54, 1.807) is 19.2 Å². The van der Waals surface area contributed by atoms with Gasteiger partial charge in [-0.2, -0.15) is 4.31 Å². The average molecular weight is 384 g/mol. The minimum atomic E-state index is -3.63. The van der Waals surface area contributed by atoms with E-state index in [2.05, 4.69) is 10.3 Å². The van der Waals surface area contributed by atoms with Crippen LogP contribution in [0, 0.1) is 6.92 Å². The zero-order valence-corrected chi connectivity index (χ0v) is 15.8. The Morgan fingerprint density at radius 3 is 2.68 bits per heavy atom. The highest BCUT2D eigenvalue weighted by Gasteiger charge is 2.35. The van der Waals surface area contributed by atoms with Gasteiger partial charge < -0.3 is 10.1 Å². The number of halogens is 1. The molecule has 136 valence electrons. The van der Waals surface area contributed by atoms with Crippen LogP contribution in [-0.2, 0) is 10.0 Å². The molecule has 0 amide bonds. The summed E-state index contributed by atoms with van der Waals surface area (Å²) in [6.07, 6.45) is 1.42. The van der Waals surface area contributed by atoms with Crippen molar-refractivity contribution in [1.29, 1.82) is 0 Å². The summed E-state index contributed by atoms with van der Waals surface area (Å²) >= 11 is 0. The molecule has 1 fully saturated rings. The third-order valence-electron chi connectivity index (χ3n) is 4.18. The molecule has 0 aliphatic carbocycles. The standard InChI is InChI=1S/C17H21N3O3S.ClH/c1-13-7-8-14(11-19-13)24(21,22)20-10-9-18-12-16(20)15-5-3-4-6-17(15)23-2;/h3-8,11,16,18H,9-10,12H2,1-2H3;1H. The Balaban J connectivity index is 0.00000225. The van der Waals surface area contributed by atoms with Gasteiger partial charge in [0, 0.05) is 37.1 Å². The van der Waals surface area contributed by atoms with E-state index >= 15 is 0 Å². The summed E-state index contributed by atoms with van der Waals surface area (Å²) in [4.78, 5) is 4.34. The summed E-state index contributed by atoms with van der Waals surface area (Å²) < 4.78 is 33.2. The van der Waals surface area contributed by atoms with E-state index in [-0.39, 0.29) is 23.3 Å². The van der Waals surface area contributed by atoms with Crippen LogP contribution in [0.15, 0.2) is 47.5 Å². The molecule has 0 bridgehead atoms. The van der Waals surface area contributed by atoms with Crippen molar-refractivity contribution in [2.24, 2.45) is 0 Å². The largest absolute Gasteiger partial charge is 0.496 e. The van der Waals surface area contributed by atoms with Gasteiger partial charge in [-0.1, -0.05) is 18.2 Å². The Labute approximate surface area is 154 Å².